The third-order valence-electron chi connectivity index (χ3n) is 3.10. The summed E-state index contributed by atoms with van der Waals surface area (Å²) in [6, 6.07) is 2.67. The van der Waals surface area contributed by atoms with Gasteiger partial charge in [-0.1, -0.05) is 0 Å². The van der Waals surface area contributed by atoms with Crippen LogP contribution in [-0.4, -0.2) is 36.1 Å². The molecule has 0 bridgehead atoms. The van der Waals surface area contributed by atoms with Crippen molar-refractivity contribution in [2.24, 2.45) is 0 Å². The molecule has 16 heavy (non-hydrogen) atoms. The van der Waals surface area contributed by atoms with E-state index in [0.29, 0.717) is 6.04 Å². The Labute approximate surface area is 105 Å². The molecule has 3 nitrogen and oxygen atoms in total. The number of likely N-dealkylation sites (tertiary alicyclic amines) is 1. The van der Waals surface area contributed by atoms with Crippen molar-refractivity contribution in [3.8, 4) is 0 Å². The molecule has 1 aromatic heterocycles. The summed E-state index contributed by atoms with van der Waals surface area (Å²) in [5.74, 6) is 1.03. The number of aryl methyl sites for hydroxylation is 1. The van der Waals surface area contributed by atoms with Crippen molar-refractivity contribution in [1.29, 1.82) is 0 Å². The zero-order valence-corrected chi connectivity index (χ0v) is 11.4. The number of hydrogen-bond acceptors (Lipinski definition) is 3. The third-order valence-corrected chi connectivity index (χ3v) is 3.54. The lowest BCUT2D eigenvalue weighted by molar-refractivity contribution is 0.263. The summed E-state index contributed by atoms with van der Waals surface area (Å²) in [5, 5.41) is 3.54. The van der Waals surface area contributed by atoms with E-state index in [-0.39, 0.29) is 0 Å². The van der Waals surface area contributed by atoms with Gasteiger partial charge in [-0.2, -0.15) is 0 Å². The van der Waals surface area contributed by atoms with Crippen LogP contribution in [0.25, 0.3) is 0 Å². The highest BCUT2D eigenvalue weighted by molar-refractivity contribution is 9.10. The number of halogens is 1. The molecule has 2 rings (SSSR count). The first kappa shape index (κ1) is 11.9. The van der Waals surface area contributed by atoms with Gasteiger partial charge in [-0.15, -0.1) is 0 Å². The first-order valence-corrected chi connectivity index (χ1v) is 6.51. The summed E-state index contributed by atoms with van der Waals surface area (Å²) in [6.45, 7) is 4.44. The van der Waals surface area contributed by atoms with Gasteiger partial charge in [0.2, 0.25) is 0 Å². The summed E-state index contributed by atoms with van der Waals surface area (Å²) in [7, 11) is 2.18. The summed E-state index contributed by atoms with van der Waals surface area (Å²) in [4.78, 5) is 6.79. The summed E-state index contributed by atoms with van der Waals surface area (Å²) < 4.78 is 1.04. The van der Waals surface area contributed by atoms with Crippen LogP contribution in [0, 0.1) is 6.92 Å². The predicted octanol–water partition coefficient (Wildman–Crippen LogP) is 2.66. The molecule has 0 aromatic carbocycles. The van der Waals surface area contributed by atoms with Crippen LogP contribution < -0.4 is 5.32 Å². The first-order chi connectivity index (χ1) is 7.65. The molecule has 4 heteroatoms. The van der Waals surface area contributed by atoms with Crippen LogP contribution in [0.15, 0.2) is 16.7 Å². The van der Waals surface area contributed by atoms with Crippen molar-refractivity contribution < 1.29 is 0 Å². The Kier molecular flexibility index (Phi) is 3.82. The molecule has 0 atom stereocenters. The maximum Gasteiger partial charge on any atom is 0.129 e. The normalized spacial score (nSPS) is 18.7. The highest BCUT2D eigenvalue weighted by Crippen LogP contribution is 2.20. The fraction of sp³-hybridized carbons (Fsp3) is 0.583. The smallest absolute Gasteiger partial charge is 0.129 e. The van der Waals surface area contributed by atoms with Crippen LogP contribution in [0.2, 0.25) is 0 Å². The maximum absolute atomic E-state index is 4.42. The van der Waals surface area contributed by atoms with Crippen LogP contribution in [0.3, 0.4) is 0 Å². The lowest BCUT2D eigenvalue weighted by Crippen LogP contribution is -2.37. The molecule has 0 spiro atoms. The van der Waals surface area contributed by atoms with Gasteiger partial charge in [0.25, 0.3) is 0 Å². The number of nitrogens with one attached hydrogen (secondary N) is 1. The number of pyridine rings is 1. The van der Waals surface area contributed by atoms with Gasteiger partial charge in [-0.25, -0.2) is 4.98 Å². The minimum Gasteiger partial charge on any atom is -0.367 e. The lowest BCUT2D eigenvalue weighted by atomic mass is 10.1. The van der Waals surface area contributed by atoms with Crippen LogP contribution in [-0.2, 0) is 0 Å². The number of rotatable bonds is 2. The maximum atomic E-state index is 4.42. The molecule has 0 unspecified atom stereocenters. The second kappa shape index (κ2) is 5.15. The largest absolute Gasteiger partial charge is 0.367 e. The summed E-state index contributed by atoms with van der Waals surface area (Å²) >= 11 is 3.43. The number of aromatic nitrogens is 1. The fourth-order valence-electron chi connectivity index (χ4n) is 2.04. The molecule has 88 valence electrons. The molecule has 1 aromatic rings. The topological polar surface area (TPSA) is 28.2 Å². The van der Waals surface area contributed by atoms with E-state index in [1.165, 1.54) is 31.5 Å². The predicted molar refractivity (Wildman–Crippen MR) is 70.8 cm³/mol. The first-order valence-electron chi connectivity index (χ1n) is 5.72. The van der Waals surface area contributed by atoms with E-state index in [4.69, 9.17) is 0 Å². The van der Waals surface area contributed by atoms with E-state index >= 15 is 0 Å². The Morgan fingerprint density at radius 2 is 2.12 bits per heavy atom. The van der Waals surface area contributed by atoms with Crippen LogP contribution in [0.1, 0.15) is 18.4 Å². The molecule has 1 aliphatic heterocycles. The van der Waals surface area contributed by atoms with Crippen molar-refractivity contribution >= 4 is 21.7 Å². The Bertz CT molecular complexity index is 359. The van der Waals surface area contributed by atoms with E-state index < -0.39 is 0 Å². The van der Waals surface area contributed by atoms with E-state index in [1.807, 2.05) is 6.20 Å². The Balaban J connectivity index is 1.98. The molecule has 1 N–H and O–H groups in total. The van der Waals surface area contributed by atoms with Crippen LogP contribution in [0.5, 0.6) is 0 Å². The average Bonchev–Trinajstić information content (AvgIpc) is 2.25. The molecule has 0 amide bonds. The quantitative estimate of drug-likeness (QED) is 0.905. The highest BCUT2D eigenvalue weighted by Gasteiger charge is 2.17. The van der Waals surface area contributed by atoms with E-state index in [9.17, 15) is 0 Å². The molecule has 1 fully saturated rings. The van der Waals surface area contributed by atoms with Crippen molar-refractivity contribution in [3.63, 3.8) is 0 Å². The summed E-state index contributed by atoms with van der Waals surface area (Å²) in [5.41, 5.74) is 1.20. The van der Waals surface area contributed by atoms with Gasteiger partial charge in [0, 0.05) is 16.7 Å². The van der Waals surface area contributed by atoms with Crippen molar-refractivity contribution in [3.05, 3.63) is 22.3 Å². The SMILES string of the molecule is Cc1cc(Br)cnc1NC1CCN(C)CC1. The van der Waals surface area contributed by atoms with E-state index in [2.05, 4.69) is 51.2 Å². The molecule has 0 saturated carbocycles. The van der Waals surface area contributed by atoms with Gasteiger partial charge in [-0.05, 0) is 67.5 Å². The Morgan fingerprint density at radius 3 is 2.75 bits per heavy atom. The van der Waals surface area contributed by atoms with Gasteiger partial charge in [0.1, 0.15) is 5.82 Å². The number of piperidine rings is 1. The monoisotopic (exact) mass is 283 g/mol. The number of nitrogens with zero attached hydrogens (tertiary/aromatic N) is 2. The van der Waals surface area contributed by atoms with Gasteiger partial charge < -0.3 is 10.2 Å². The number of hydrogen-bond donors (Lipinski definition) is 1. The van der Waals surface area contributed by atoms with Crippen molar-refractivity contribution in [1.82, 2.24) is 9.88 Å². The minimum absolute atomic E-state index is 0.573. The molecule has 0 radical (unpaired) electrons. The zero-order valence-electron chi connectivity index (χ0n) is 9.83. The van der Waals surface area contributed by atoms with Gasteiger partial charge in [0.05, 0.1) is 0 Å². The van der Waals surface area contributed by atoms with Crippen LogP contribution >= 0.6 is 15.9 Å². The Hall–Kier alpha value is -0.610. The third kappa shape index (κ3) is 2.95. The summed E-state index contributed by atoms with van der Waals surface area (Å²) in [6.07, 6.45) is 4.26. The fourth-order valence-corrected chi connectivity index (χ4v) is 2.48. The molecule has 1 aliphatic rings. The molecular weight excluding hydrogens is 266 g/mol. The second-order valence-corrected chi connectivity index (χ2v) is 5.46. The molecule has 2 heterocycles. The van der Waals surface area contributed by atoms with Crippen molar-refractivity contribution in [2.75, 3.05) is 25.5 Å². The van der Waals surface area contributed by atoms with Gasteiger partial charge in [-0.3, -0.25) is 0 Å². The molecular formula is C12H18BrN3. The van der Waals surface area contributed by atoms with Crippen molar-refractivity contribution in [2.45, 2.75) is 25.8 Å². The molecule has 1 saturated heterocycles. The molecule has 0 aliphatic carbocycles. The standard InChI is InChI=1S/C12H18BrN3/c1-9-7-10(13)8-14-12(9)15-11-3-5-16(2)6-4-11/h7-8,11H,3-6H2,1-2H3,(H,14,15). The average molecular weight is 284 g/mol. The number of anilines is 1. The Morgan fingerprint density at radius 1 is 1.44 bits per heavy atom. The van der Waals surface area contributed by atoms with E-state index in [0.717, 1.165) is 10.3 Å². The van der Waals surface area contributed by atoms with Gasteiger partial charge in [0.15, 0.2) is 0 Å². The lowest BCUT2D eigenvalue weighted by Gasteiger charge is -2.30. The van der Waals surface area contributed by atoms with Gasteiger partial charge >= 0.3 is 0 Å². The van der Waals surface area contributed by atoms with Crippen LogP contribution in [0.4, 0.5) is 5.82 Å². The highest BCUT2D eigenvalue weighted by atomic mass is 79.9. The van der Waals surface area contributed by atoms with E-state index in [1.54, 1.807) is 0 Å². The minimum atomic E-state index is 0.573. The zero-order chi connectivity index (χ0) is 11.5. The second-order valence-electron chi connectivity index (χ2n) is 4.54.